The summed E-state index contributed by atoms with van der Waals surface area (Å²) >= 11 is 0. The van der Waals surface area contributed by atoms with Gasteiger partial charge in [0.05, 0.1) is 6.61 Å². The van der Waals surface area contributed by atoms with Crippen LogP contribution in [0.3, 0.4) is 0 Å². The van der Waals surface area contributed by atoms with Gasteiger partial charge in [-0.1, -0.05) is 24.3 Å². The van der Waals surface area contributed by atoms with Crippen LogP contribution in [-0.2, 0) is 0 Å². The molecular formula is C23H30N4O. The number of piperazine rings is 1. The Morgan fingerprint density at radius 2 is 1.82 bits per heavy atom. The van der Waals surface area contributed by atoms with Crippen molar-refractivity contribution in [2.45, 2.75) is 19.3 Å². The molecule has 0 bridgehead atoms. The van der Waals surface area contributed by atoms with Crippen molar-refractivity contribution >= 4 is 17.2 Å². The maximum atomic E-state index is 5.98. The van der Waals surface area contributed by atoms with Crippen LogP contribution in [0, 0.1) is 0 Å². The summed E-state index contributed by atoms with van der Waals surface area (Å²) in [5.41, 5.74) is 2.40. The van der Waals surface area contributed by atoms with Crippen LogP contribution in [0.25, 0.3) is 0 Å². The molecule has 28 heavy (non-hydrogen) atoms. The third kappa shape index (κ3) is 5.26. The molecule has 0 aliphatic carbocycles. The van der Waals surface area contributed by atoms with E-state index in [4.69, 9.17) is 4.74 Å². The Bertz CT molecular complexity index is 769. The van der Waals surface area contributed by atoms with Gasteiger partial charge < -0.3 is 15.0 Å². The topological polar surface area (TPSA) is 40.1 Å². The molecule has 0 unspecified atom stereocenters. The number of anilines is 2. The van der Waals surface area contributed by atoms with E-state index >= 15 is 0 Å². The third-order valence-corrected chi connectivity index (χ3v) is 5.38. The average Bonchev–Trinajstić information content (AvgIpc) is 3.26. The van der Waals surface area contributed by atoms with Crippen molar-refractivity contribution in [3.63, 3.8) is 0 Å². The molecule has 0 radical (unpaired) electrons. The Morgan fingerprint density at radius 3 is 2.61 bits per heavy atom. The van der Waals surface area contributed by atoms with Gasteiger partial charge in [-0.05, 0) is 37.1 Å². The lowest BCUT2D eigenvalue weighted by molar-refractivity contribution is 0.225. The number of hydrogen-bond acceptors (Lipinski definition) is 5. The van der Waals surface area contributed by atoms with Crippen LogP contribution in [-0.4, -0.2) is 56.6 Å². The summed E-state index contributed by atoms with van der Waals surface area (Å²) in [5, 5.41) is 3.40. The van der Waals surface area contributed by atoms with Gasteiger partial charge in [-0.3, -0.25) is 9.89 Å². The van der Waals surface area contributed by atoms with Crippen LogP contribution in [0.15, 0.2) is 59.6 Å². The quantitative estimate of drug-likeness (QED) is 0.742. The Balaban J connectivity index is 1.15. The summed E-state index contributed by atoms with van der Waals surface area (Å²) in [4.78, 5) is 9.48. The van der Waals surface area contributed by atoms with Crippen LogP contribution in [0.5, 0.6) is 5.75 Å². The van der Waals surface area contributed by atoms with Crippen molar-refractivity contribution in [3.05, 3.63) is 54.6 Å². The van der Waals surface area contributed by atoms with Gasteiger partial charge in [0.25, 0.3) is 0 Å². The molecule has 0 saturated carbocycles. The highest BCUT2D eigenvalue weighted by atomic mass is 16.5. The molecular weight excluding hydrogens is 348 g/mol. The SMILES string of the molecule is c1ccc(N2CCN(CCCOc3cccc(NC4=NCCC4)c3)CC2)cc1. The normalized spacial score (nSPS) is 17.4. The lowest BCUT2D eigenvalue weighted by Crippen LogP contribution is -2.46. The molecule has 1 N–H and O–H groups in total. The second-order valence-corrected chi connectivity index (χ2v) is 7.45. The molecule has 2 aromatic carbocycles. The predicted octanol–water partition coefficient (Wildman–Crippen LogP) is 3.88. The minimum Gasteiger partial charge on any atom is -0.493 e. The minimum absolute atomic E-state index is 0.753. The molecule has 0 spiro atoms. The van der Waals surface area contributed by atoms with Gasteiger partial charge in [-0.25, -0.2) is 0 Å². The highest BCUT2D eigenvalue weighted by molar-refractivity contribution is 5.96. The maximum absolute atomic E-state index is 5.98. The zero-order chi connectivity index (χ0) is 19.0. The predicted molar refractivity (Wildman–Crippen MR) is 117 cm³/mol. The van der Waals surface area contributed by atoms with E-state index in [1.54, 1.807) is 0 Å². The molecule has 2 aliphatic rings. The molecule has 2 aromatic rings. The largest absolute Gasteiger partial charge is 0.493 e. The van der Waals surface area contributed by atoms with E-state index in [-0.39, 0.29) is 0 Å². The van der Waals surface area contributed by atoms with Crippen molar-refractivity contribution < 1.29 is 4.74 Å². The van der Waals surface area contributed by atoms with Gasteiger partial charge in [0, 0.05) is 63.1 Å². The van der Waals surface area contributed by atoms with Crippen LogP contribution in [0.1, 0.15) is 19.3 Å². The summed E-state index contributed by atoms with van der Waals surface area (Å²) in [6, 6.07) is 18.9. The fourth-order valence-electron chi connectivity index (χ4n) is 3.82. The molecule has 1 fully saturated rings. The first kappa shape index (κ1) is 18.8. The number of ether oxygens (including phenoxy) is 1. The molecule has 2 heterocycles. The molecule has 5 nitrogen and oxygen atoms in total. The van der Waals surface area contributed by atoms with Gasteiger partial charge in [0.15, 0.2) is 0 Å². The van der Waals surface area contributed by atoms with Crippen molar-refractivity contribution in [1.82, 2.24) is 4.90 Å². The Kier molecular flexibility index (Phi) is 6.45. The molecule has 0 aromatic heterocycles. The summed E-state index contributed by atoms with van der Waals surface area (Å²) in [6.45, 7) is 7.23. The number of amidine groups is 1. The van der Waals surface area contributed by atoms with E-state index in [0.717, 1.165) is 82.4 Å². The number of para-hydroxylation sites is 1. The molecule has 2 aliphatic heterocycles. The third-order valence-electron chi connectivity index (χ3n) is 5.38. The Labute approximate surface area is 168 Å². The van der Waals surface area contributed by atoms with Gasteiger partial charge in [0.1, 0.15) is 11.6 Å². The molecule has 4 rings (SSSR count). The van der Waals surface area contributed by atoms with E-state index in [9.17, 15) is 0 Å². The minimum atomic E-state index is 0.753. The van der Waals surface area contributed by atoms with Crippen LogP contribution in [0.2, 0.25) is 0 Å². The first-order chi connectivity index (χ1) is 13.9. The molecule has 1 saturated heterocycles. The lowest BCUT2D eigenvalue weighted by Gasteiger charge is -2.36. The number of aliphatic imine (C=N–C) groups is 1. The van der Waals surface area contributed by atoms with E-state index in [2.05, 4.69) is 62.6 Å². The van der Waals surface area contributed by atoms with Crippen LogP contribution < -0.4 is 15.0 Å². The van der Waals surface area contributed by atoms with Crippen molar-refractivity contribution in [2.24, 2.45) is 4.99 Å². The molecule has 0 atom stereocenters. The first-order valence-electron chi connectivity index (χ1n) is 10.4. The number of nitrogens with zero attached hydrogens (tertiary/aromatic N) is 3. The first-order valence-corrected chi connectivity index (χ1v) is 10.4. The standard InChI is InChI=1S/C23H30N4O/c1-2-8-21(9-3-1)27-16-14-26(15-17-27)13-6-18-28-22-10-4-7-20(19-22)25-23-11-5-12-24-23/h1-4,7-10,19H,5-6,11-18H2,(H,24,25). The summed E-state index contributed by atoms with van der Waals surface area (Å²) < 4.78 is 5.98. The van der Waals surface area contributed by atoms with E-state index in [1.807, 2.05) is 12.1 Å². The lowest BCUT2D eigenvalue weighted by atomic mass is 10.2. The zero-order valence-corrected chi connectivity index (χ0v) is 16.5. The van der Waals surface area contributed by atoms with Gasteiger partial charge in [-0.15, -0.1) is 0 Å². The van der Waals surface area contributed by atoms with Gasteiger partial charge in [0.2, 0.25) is 0 Å². The number of hydrogen-bond donors (Lipinski definition) is 1. The van der Waals surface area contributed by atoms with Crippen LogP contribution >= 0.6 is 0 Å². The fourth-order valence-corrected chi connectivity index (χ4v) is 3.82. The smallest absolute Gasteiger partial charge is 0.121 e. The van der Waals surface area contributed by atoms with Crippen molar-refractivity contribution in [2.75, 3.05) is 56.1 Å². The van der Waals surface area contributed by atoms with Gasteiger partial charge in [-0.2, -0.15) is 0 Å². The van der Waals surface area contributed by atoms with Gasteiger partial charge >= 0.3 is 0 Å². The van der Waals surface area contributed by atoms with Crippen molar-refractivity contribution in [1.29, 1.82) is 0 Å². The molecule has 148 valence electrons. The highest BCUT2D eigenvalue weighted by Gasteiger charge is 2.16. The Morgan fingerprint density at radius 1 is 0.964 bits per heavy atom. The monoisotopic (exact) mass is 378 g/mol. The maximum Gasteiger partial charge on any atom is 0.121 e. The second kappa shape index (κ2) is 9.60. The summed E-state index contributed by atoms with van der Waals surface area (Å²) in [6.07, 6.45) is 3.25. The summed E-state index contributed by atoms with van der Waals surface area (Å²) in [7, 11) is 0. The average molecular weight is 379 g/mol. The van der Waals surface area contributed by atoms with E-state index in [1.165, 1.54) is 5.69 Å². The Hall–Kier alpha value is -2.53. The fraction of sp³-hybridized carbons (Fsp3) is 0.435. The number of nitrogens with one attached hydrogen (secondary N) is 1. The molecule has 0 amide bonds. The van der Waals surface area contributed by atoms with E-state index in [0.29, 0.717) is 0 Å². The zero-order valence-electron chi connectivity index (χ0n) is 16.5. The number of benzene rings is 2. The highest BCUT2D eigenvalue weighted by Crippen LogP contribution is 2.19. The second-order valence-electron chi connectivity index (χ2n) is 7.45. The van der Waals surface area contributed by atoms with Crippen molar-refractivity contribution in [3.8, 4) is 5.75 Å². The van der Waals surface area contributed by atoms with E-state index < -0.39 is 0 Å². The number of rotatable bonds is 7. The van der Waals surface area contributed by atoms with Crippen LogP contribution in [0.4, 0.5) is 11.4 Å². The summed E-state index contributed by atoms with van der Waals surface area (Å²) in [5.74, 6) is 2.02. The molecule has 5 heteroatoms.